The maximum Gasteiger partial charge on any atom is 0.419 e. The highest BCUT2D eigenvalue weighted by molar-refractivity contribution is 5.93. The molecule has 1 N–H and O–H groups in total. The molecular formula is C27H20F4N2O4. The number of rotatable bonds is 6. The molecule has 1 aromatic heterocycles. The zero-order valence-electron chi connectivity index (χ0n) is 19.3. The summed E-state index contributed by atoms with van der Waals surface area (Å²) >= 11 is 0. The van der Waals surface area contributed by atoms with E-state index in [1.807, 2.05) is 6.07 Å². The summed E-state index contributed by atoms with van der Waals surface area (Å²) in [7, 11) is 0. The largest absolute Gasteiger partial charge is 0.489 e. The normalized spacial score (nSPS) is 21.3. The zero-order valence-corrected chi connectivity index (χ0v) is 19.3. The second-order valence-corrected chi connectivity index (χ2v) is 9.45. The molecule has 3 heterocycles. The number of alkyl halides is 3. The van der Waals surface area contributed by atoms with Gasteiger partial charge in [0, 0.05) is 48.4 Å². The van der Waals surface area contributed by atoms with Crippen molar-refractivity contribution in [3.8, 4) is 17.2 Å². The number of aromatic nitrogens is 1. The number of ketones is 1. The van der Waals surface area contributed by atoms with Gasteiger partial charge in [-0.15, -0.1) is 0 Å². The molecule has 6 nitrogen and oxygen atoms in total. The highest BCUT2D eigenvalue weighted by Gasteiger charge is 2.59. The van der Waals surface area contributed by atoms with Crippen molar-refractivity contribution >= 4 is 17.5 Å². The molecular weight excluding hydrogens is 492 g/mol. The molecule has 10 heteroatoms. The molecule has 0 saturated heterocycles. The molecule has 6 rings (SSSR count). The number of ether oxygens (including phenoxy) is 2. The highest BCUT2D eigenvalue weighted by Crippen LogP contribution is 2.60. The zero-order chi connectivity index (χ0) is 25.9. The molecule has 1 unspecified atom stereocenters. The first-order valence-electron chi connectivity index (χ1n) is 11.8. The Morgan fingerprint density at radius 3 is 2.81 bits per heavy atom. The first-order chi connectivity index (χ1) is 17.7. The van der Waals surface area contributed by atoms with Crippen LogP contribution in [0.15, 0.2) is 48.7 Å². The van der Waals surface area contributed by atoms with Gasteiger partial charge in [-0.05, 0) is 42.3 Å². The summed E-state index contributed by atoms with van der Waals surface area (Å²) < 4.78 is 65.3. The summed E-state index contributed by atoms with van der Waals surface area (Å²) in [6.07, 6.45) is -2.95. The number of nitrogens with zero attached hydrogens (tertiary/aromatic N) is 1. The van der Waals surface area contributed by atoms with Crippen LogP contribution >= 0.6 is 0 Å². The second kappa shape index (κ2) is 8.57. The van der Waals surface area contributed by atoms with Crippen LogP contribution in [0.1, 0.15) is 41.0 Å². The molecule has 3 aromatic rings. The SMILES string of the molecule is O=C(Cc1cccc(C(F)(F)F)c1F)C[C@@H]1C2Oc3ccc(Oc4ccnc5c4CCC(=O)N5)cc3[C@H]21. The van der Waals surface area contributed by atoms with Crippen molar-refractivity contribution in [2.24, 2.45) is 5.92 Å². The molecule has 0 radical (unpaired) electrons. The maximum absolute atomic E-state index is 14.3. The Morgan fingerprint density at radius 1 is 1.16 bits per heavy atom. The Balaban J connectivity index is 1.14. The van der Waals surface area contributed by atoms with Crippen LogP contribution in [-0.4, -0.2) is 22.8 Å². The van der Waals surface area contributed by atoms with Gasteiger partial charge < -0.3 is 14.8 Å². The number of benzene rings is 2. The van der Waals surface area contributed by atoms with Crippen LogP contribution in [0.25, 0.3) is 0 Å². The lowest BCUT2D eigenvalue weighted by molar-refractivity contribution is -0.140. The van der Waals surface area contributed by atoms with Crippen molar-refractivity contribution in [1.29, 1.82) is 0 Å². The smallest absolute Gasteiger partial charge is 0.419 e. The lowest BCUT2D eigenvalue weighted by Gasteiger charge is -2.19. The van der Waals surface area contributed by atoms with Gasteiger partial charge in [0.15, 0.2) is 0 Å². The van der Waals surface area contributed by atoms with Crippen LogP contribution in [-0.2, 0) is 28.6 Å². The molecule has 3 atom stereocenters. The van der Waals surface area contributed by atoms with Gasteiger partial charge in [-0.25, -0.2) is 9.37 Å². The first kappa shape index (κ1) is 23.4. The summed E-state index contributed by atoms with van der Waals surface area (Å²) in [5.41, 5.74) is 0.0680. The fourth-order valence-electron chi connectivity index (χ4n) is 5.22. The number of Topliss-reactive ketones (excluding diaryl/α,β-unsaturated/α-hetero) is 1. The number of amides is 1. The van der Waals surface area contributed by atoms with Gasteiger partial charge >= 0.3 is 6.18 Å². The number of nitrogens with one attached hydrogen (secondary N) is 1. The van der Waals surface area contributed by atoms with E-state index in [0.717, 1.165) is 17.2 Å². The average molecular weight is 512 g/mol. The first-order valence-corrected chi connectivity index (χ1v) is 11.8. The van der Waals surface area contributed by atoms with Gasteiger partial charge in [0.05, 0.1) is 5.56 Å². The fourth-order valence-corrected chi connectivity index (χ4v) is 5.22. The fraction of sp³-hybridized carbons (Fsp3) is 0.296. The van der Waals surface area contributed by atoms with E-state index in [9.17, 15) is 27.2 Å². The monoisotopic (exact) mass is 512 g/mol. The van der Waals surface area contributed by atoms with Crippen LogP contribution in [0.4, 0.5) is 23.4 Å². The van der Waals surface area contributed by atoms with Crippen LogP contribution in [0, 0.1) is 11.7 Å². The number of pyridine rings is 1. The molecule has 1 fully saturated rings. The van der Waals surface area contributed by atoms with Crippen molar-refractivity contribution in [3.63, 3.8) is 0 Å². The lowest BCUT2D eigenvalue weighted by Crippen LogP contribution is -2.20. The topological polar surface area (TPSA) is 77.5 Å². The van der Waals surface area contributed by atoms with Gasteiger partial charge in [0.2, 0.25) is 5.91 Å². The van der Waals surface area contributed by atoms with Gasteiger partial charge in [-0.2, -0.15) is 13.2 Å². The molecule has 2 aliphatic heterocycles. The minimum atomic E-state index is -4.82. The number of halogens is 4. The molecule has 0 bridgehead atoms. The summed E-state index contributed by atoms with van der Waals surface area (Å²) in [6, 6.07) is 10.1. The number of fused-ring (bicyclic) bond motifs is 4. The number of carbonyl (C=O) groups is 2. The van der Waals surface area contributed by atoms with E-state index < -0.39 is 24.0 Å². The van der Waals surface area contributed by atoms with Crippen molar-refractivity contribution in [2.45, 2.75) is 43.9 Å². The summed E-state index contributed by atoms with van der Waals surface area (Å²) in [5, 5.41) is 2.74. The number of anilines is 1. The van der Waals surface area contributed by atoms with E-state index in [-0.39, 0.29) is 41.6 Å². The third-order valence-electron chi connectivity index (χ3n) is 7.04. The maximum atomic E-state index is 14.3. The average Bonchev–Trinajstić information content (AvgIpc) is 3.35. The number of hydrogen-bond donors (Lipinski definition) is 1. The Kier molecular flexibility index (Phi) is 5.43. The minimum absolute atomic E-state index is 0.0421. The number of carbonyl (C=O) groups excluding carboxylic acids is 2. The number of hydrogen-bond acceptors (Lipinski definition) is 5. The van der Waals surface area contributed by atoms with Crippen molar-refractivity contribution in [3.05, 3.63) is 76.7 Å². The third-order valence-corrected chi connectivity index (χ3v) is 7.04. The highest BCUT2D eigenvalue weighted by atomic mass is 19.4. The Labute approximate surface area is 208 Å². The molecule has 190 valence electrons. The molecule has 3 aliphatic rings. The Hall–Kier alpha value is -3.95. The van der Waals surface area contributed by atoms with Crippen LogP contribution in [0.2, 0.25) is 0 Å². The third kappa shape index (κ3) is 4.30. The van der Waals surface area contributed by atoms with Gasteiger partial charge in [-0.1, -0.05) is 12.1 Å². The molecule has 0 spiro atoms. The van der Waals surface area contributed by atoms with E-state index >= 15 is 0 Å². The molecule has 1 saturated carbocycles. The van der Waals surface area contributed by atoms with E-state index in [1.54, 1.807) is 24.4 Å². The summed E-state index contributed by atoms with van der Waals surface area (Å²) in [4.78, 5) is 28.5. The predicted octanol–water partition coefficient (Wildman–Crippen LogP) is 5.59. The standard InChI is InChI=1S/C27H20F4N2O4/c28-24-13(2-1-3-19(24)27(29,30)31)10-14(34)11-18-23-17-12-15(4-6-20(17)37-25(18)23)36-21-8-9-32-26-16(21)5-7-22(35)33-26/h1-4,6,8-9,12,18,23,25H,5,7,10-11H2,(H,32,33,35)/t18-,23-,25?/m0/s1. The molecule has 37 heavy (non-hydrogen) atoms. The van der Waals surface area contributed by atoms with E-state index in [0.29, 0.717) is 42.0 Å². The molecule has 2 aromatic carbocycles. The summed E-state index contributed by atoms with van der Waals surface area (Å²) in [5.74, 6) is 0.314. The Morgan fingerprint density at radius 2 is 2.00 bits per heavy atom. The minimum Gasteiger partial charge on any atom is -0.489 e. The van der Waals surface area contributed by atoms with Crippen LogP contribution < -0.4 is 14.8 Å². The van der Waals surface area contributed by atoms with Crippen molar-refractivity contribution in [2.75, 3.05) is 5.32 Å². The molecule has 1 aliphatic carbocycles. The van der Waals surface area contributed by atoms with Gasteiger partial charge in [0.1, 0.15) is 40.8 Å². The van der Waals surface area contributed by atoms with Gasteiger partial charge in [-0.3, -0.25) is 9.59 Å². The second-order valence-electron chi connectivity index (χ2n) is 9.45. The summed E-state index contributed by atoms with van der Waals surface area (Å²) in [6.45, 7) is 0. The van der Waals surface area contributed by atoms with Gasteiger partial charge in [0.25, 0.3) is 0 Å². The van der Waals surface area contributed by atoms with Crippen LogP contribution in [0.3, 0.4) is 0 Å². The quantitative estimate of drug-likeness (QED) is 0.436. The lowest BCUT2D eigenvalue weighted by atomic mass is 9.99. The van der Waals surface area contributed by atoms with E-state index in [2.05, 4.69) is 10.3 Å². The van der Waals surface area contributed by atoms with Crippen LogP contribution in [0.5, 0.6) is 17.2 Å². The predicted molar refractivity (Wildman–Crippen MR) is 123 cm³/mol. The van der Waals surface area contributed by atoms with E-state index in [4.69, 9.17) is 9.47 Å². The Bertz CT molecular complexity index is 1440. The van der Waals surface area contributed by atoms with Crippen molar-refractivity contribution < 1.29 is 36.6 Å². The van der Waals surface area contributed by atoms with Crippen molar-refractivity contribution in [1.82, 2.24) is 4.98 Å². The van der Waals surface area contributed by atoms with E-state index in [1.165, 1.54) is 6.07 Å². The molecule has 1 amide bonds.